The molecule has 118 valence electrons. The molecule has 1 aromatic carbocycles. The maximum Gasteiger partial charge on any atom is 0.226 e. The van der Waals surface area contributed by atoms with Crippen LogP contribution in [-0.2, 0) is 6.54 Å². The molecule has 3 rings (SSSR count). The van der Waals surface area contributed by atoms with Crippen molar-refractivity contribution in [3.05, 3.63) is 41.3 Å². The van der Waals surface area contributed by atoms with Gasteiger partial charge in [-0.3, -0.25) is 4.90 Å². The first-order valence-electron chi connectivity index (χ1n) is 7.70. The Morgan fingerprint density at radius 3 is 2.64 bits per heavy atom. The molecule has 5 heteroatoms. The number of nitrogens with zero attached hydrogens (tertiary/aromatic N) is 2. The summed E-state index contributed by atoms with van der Waals surface area (Å²) in [7, 11) is 0. The van der Waals surface area contributed by atoms with Crippen LogP contribution >= 0.6 is 0 Å². The number of halogens is 2. The number of hydrogen-bond donors (Lipinski definition) is 0. The van der Waals surface area contributed by atoms with E-state index in [9.17, 15) is 8.78 Å². The summed E-state index contributed by atoms with van der Waals surface area (Å²) in [6.07, 6.45) is 3.66. The van der Waals surface area contributed by atoms with Crippen LogP contribution in [0.15, 0.2) is 22.6 Å². The molecular weight excluding hydrogens is 286 g/mol. The summed E-state index contributed by atoms with van der Waals surface area (Å²) in [5.41, 5.74) is 1.17. The van der Waals surface area contributed by atoms with E-state index in [4.69, 9.17) is 4.42 Å². The van der Waals surface area contributed by atoms with Gasteiger partial charge in [-0.2, -0.15) is 0 Å². The van der Waals surface area contributed by atoms with Gasteiger partial charge in [0.2, 0.25) is 5.89 Å². The Labute approximate surface area is 129 Å². The second-order valence-electron chi connectivity index (χ2n) is 6.00. The van der Waals surface area contributed by atoms with Crippen molar-refractivity contribution in [3.63, 3.8) is 0 Å². The van der Waals surface area contributed by atoms with E-state index >= 15 is 0 Å². The molecule has 2 aromatic rings. The summed E-state index contributed by atoms with van der Waals surface area (Å²) in [6.45, 7) is 5.83. The molecule has 3 nitrogen and oxygen atoms in total. The highest BCUT2D eigenvalue weighted by Crippen LogP contribution is 2.26. The lowest BCUT2D eigenvalue weighted by atomic mass is 10.0. The minimum Gasteiger partial charge on any atom is -0.441 e. The summed E-state index contributed by atoms with van der Waals surface area (Å²) >= 11 is 0. The normalized spacial score (nSPS) is 19.5. The Kier molecular flexibility index (Phi) is 4.25. The molecule has 0 spiro atoms. The molecule has 0 saturated carbocycles. The summed E-state index contributed by atoms with van der Waals surface area (Å²) in [5.74, 6) is -0.276. The zero-order valence-electron chi connectivity index (χ0n) is 12.9. The van der Waals surface area contributed by atoms with Crippen LogP contribution in [0.5, 0.6) is 0 Å². The van der Waals surface area contributed by atoms with Gasteiger partial charge in [0.25, 0.3) is 0 Å². The van der Waals surface area contributed by atoms with E-state index in [1.165, 1.54) is 31.4 Å². The van der Waals surface area contributed by atoms with Gasteiger partial charge in [0.15, 0.2) is 0 Å². The van der Waals surface area contributed by atoms with Gasteiger partial charge >= 0.3 is 0 Å². The second kappa shape index (κ2) is 6.16. The van der Waals surface area contributed by atoms with Crippen molar-refractivity contribution in [1.82, 2.24) is 9.88 Å². The molecule has 0 radical (unpaired) electrons. The predicted octanol–water partition coefficient (Wildman–Crippen LogP) is 4.30. The number of rotatable bonds is 3. The number of hydrogen-bond acceptors (Lipinski definition) is 3. The van der Waals surface area contributed by atoms with E-state index in [2.05, 4.69) is 16.8 Å². The standard InChI is InChI=1S/C17H20F2N2O/c1-11-5-3-4-6-21(11)10-16-12(2)22-17(20-16)13-7-14(18)9-15(19)8-13/h7-9,11H,3-6,10H2,1-2H3/t11-/m0/s1. The van der Waals surface area contributed by atoms with E-state index in [1.807, 2.05) is 6.92 Å². The van der Waals surface area contributed by atoms with Gasteiger partial charge in [0, 0.05) is 24.2 Å². The van der Waals surface area contributed by atoms with Gasteiger partial charge in [-0.15, -0.1) is 0 Å². The van der Waals surface area contributed by atoms with E-state index in [0.717, 1.165) is 18.3 Å². The number of aryl methyl sites for hydroxylation is 1. The Morgan fingerprint density at radius 1 is 1.23 bits per heavy atom. The van der Waals surface area contributed by atoms with Crippen LogP contribution in [0.2, 0.25) is 0 Å². The van der Waals surface area contributed by atoms with Gasteiger partial charge in [0.05, 0.1) is 5.69 Å². The highest BCUT2D eigenvalue weighted by atomic mass is 19.1. The fraction of sp³-hybridized carbons (Fsp3) is 0.471. The molecule has 0 aliphatic carbocycles. The number of benzene rings is 1. The summed E-state index contributed by atoms with van der Waals surface area (Å²) in [5, 5.41) is 0. The van der Waals surface area contributed by atoms with Crippen molar-refractivity contribution in [2.75, 3.05) is 6.54 Å². The van der Waals surface area contributed by atoms with Gasteiger partial charge in [-0.05, 0) is 45.4 Å². The zero-order chi connectivity index (χ0) is 15.7. The lowest BCUT2D eigenvalue weighted by Crippen LogP contribution is -2.37. The van der Waals surface area contributed by atoms with E-state index < -0.39 is 11.6 Å². The molecule has 0 bridgehead atoms. The minimum absolute atomic E-state index is 0.274. The van der Waals surface area contributed by atoms with Crippen molar-refractivity contribution in [2.24, 2.45) is 0 Å². The maximum absolute atomic E-state index is 13.3. The molecule has 0 amide bonds. The van der Waals surface area contributed by atoms with Crippen LogP contribution in [0.3, 0.4) is 0 Å². The van der Waals surface area contributed by atoms with E-state index in [-0.39, 0.29) is 5.89 Å². The number of oxazole rings is 1. The molecule has 1 fully saturated rings. The second-order valence-corrected chi connectivity index (χ2v) is 6.00. The first-order chi connectivity index (χ1) is 10.5. The largest absolute Gasteiger partial charge is 0.441 e. The fourth-order valence-corrected chi connectivity index (χ4v) is 2.96. The molecule has 0 N–H and O–H groups in total. The van der Waals surface area contributed by atoms with Crippen molar-refractivity contribution in [1.29, 1.82) is 0 Å². The van der Waals surface area contributed by atoms with Crippen LogP contribution in [0.1, 0.15) is 37.6 Å². The Balaban J connectivity index is 1.84. The molecule has 1 aliphatic heterocycles. The molecule has 22 heavy (non-hydrogen) atoms. The Morgan fingerprint density at radius 2 is 1.95 bits per heavy atom. The van der Waals surface area contributed by atoms with Crippen molar-refractivity contribution in [3.8, 4) is 11.5 Å². The van der Waals surface area contributed by atoms with Crippen molar-refractivity contribution >= 4 is 0 Å². The number of piperidine rings is 1. The van der Waals surface area contributed by atoms with E-state index in [0.29, 0.717) is 23.9 Å². The monoisotopic (exact) mass is 306 g/mol. The Bertz CT molecular complexity index is 648. The molecule has 1 aromatic heterocycles. The van der Waals surface area contributed by atoms with Crippen LogP contribution in [0.25, 0.3) is 11.5 Å². The molecule has 1 saturated heterocycles. The van der Waals surface area contributed by atoms with Crippen LogP contribution < -0.4 is 0 Å². The first-order valence-corrected chi connectivity index (χ1v) is 7.70. The lowest BCUT2D eigenvalue weighted by Gasteiger charge is -2.32. The highest BCUT2D eigenvalue weighted by Gasteiger charge is 2.21. The molecule has 1 atom stereocenters. The average Bonchev–Trinajstić information content (AvgIpc) is 2.82. The predicted molar refractivity (Wildman–Crippen MR) is 80.3 cm³/mol. The third kappa shape index (κ3) is 3.19. The minimum atomic E-state index is -0.628. The van der Waals surface area contributed by atoms with Crippen molar-refractivity contribution in [2.45, 2.75) is 45.7 Å². The van der Waals surface area contributed by atoms with Crippen LogP contribution in [0.4, 0.5) is 8.78 Å². The van der Waals surface area contributed by atoms with Crippen LogP contribution in [0, 0.1) is 18.6 Å². The Hall–Kier alpha value is -1.75. The molecular formula is C17H20F2N2O. The molecule has 2 heterocycles. The summed E-state index contributed by atoms with van der Waals surface area (Å²) in [4.78, 5) is 6.83. The van der Waals surface area contributed by atoms with Gasteiger partial charge in [0.1, 0.15) is 17.4 Å². The highest BCUT2D eigenvalue weighted by molar-refractivity contribution is 5.53. The fourth-order valence-electron chi connectivity index (χ4n) is 2.96. The van der Waals surface area contributed by atoms with Gasteiger partial charge in [-0.25, -0.2) is 13.8 Å². The quantitative estimate of drug-likeness (QED) is 0.846. The molecule has 1 aliphatic rings. The topological polar surface area (TPSA) is 29.3 Å². The SMILES string of the molecule is Cc1oc(-c2cc(F)cc(F)c2)nc1CN1CCCC[C@@H]1C. The third-order valence-corrected chi connectivity index (χ3v) is 4.30. The number of aromatic nitrogens is 1. The van der Waals surface area contributed by atoms with Crippen LogP contribution in [-0.4, -0.2) is 22.5 Å². The van der Waals surface area contributed by atoms with E-state index in [1.54, 1.807) is 0 Å². The van der Waals surface area contributed by atoms with Crippen molar-refractivity contribution < 1.29 is 13.2 Å². The summed E-state index contributed by atoms with van der Waals surface area (Å²) in [6, 6.07) is 3.85. The maximum atomic E-state index is 13.3. The average molecular weight is 306 g/mol. The lowest BCUT2D eigenvalue weighted by molar-refractivity contribution is 0.150. The van der Waals surface area contributed by atoms with Gasteiger partial charge < -0.3 is 4.42 Å². The number of likely N-dealkylation sites (tertiary alicyclic amines) is 1. The summed E-state index contributed by atoms with van der Waals surface area (Å²) < 4.78 is 32.3. The zero-order valence-corrected chi connectivity index (χ0v) is 12.9. The third-order valence-electron chi connectivity index (χ3n) is 4.30. The first kappa shape index (κ1) is 15.2. The van der Waals surface area contributed by atoms with Gasteiger partial charge in [-0.1, -0.05) is 6.42 Å². The molecule has 0 unspecified atom stereocenters. The smallest absolute Gasteiger partial charge is 0.226 e.